The second kappa shape index (κ2) is 17.5. The molecule has 53 heavy (non-hydrogen) atoms. The summed E-state index contributed by atoms with van der Waals surface area (Å²) in [4.78, 5) is 0.207. The van der Waals surface area contributed by atoms with Gasteiger partial charge in [-0.05, 0) is 46.9 Å². The van der Waals surface area contributed by atoms with Crippen molar-refractivity contribution < 1.29 is 37.2 Å². The van der Waals surface area contributed by atoms with Crippen molar-refractivity contribution in [2.24, 2.45) is 0 Å². The molecule has 1 aliphatic rings. The van der Waals surface area contributed by atoms with E-state index >= 15 is 0 Å². The molecule has 0 saturated carbocycles. The molecule has 6 aromatic rings. The van der Waals surface area contributed by atoms with E-state index in [1.54, 1.807) is 42.6 Å². The molecule has 1 saturated heterocycles. The lowest BCUT2D eigenvalue weighted by molar-refractivity contribution is -0.326. The van der Waals surface area contributed by atoms with Gasteiger partial charge in [0, 0.05) is 11.6 Å². The molecule has 0 amide bonds. The summed E-state index contributed by atoms with van der Waals surface area (Å²) >= 11 is 0. The van der Waals surface area contributed by atoms with Crippen molar-refractivity contribution >= 4 is 20.9 Å². The standard InChI is InChI=1S/C43H43NO8S/c45-28-39-40(49-29-32-15-5-1-6-16-32)41(50-30-33-17-7-2-8-18-33)42(51-31-34-19-9-3-10-20-34)43(52-39)48-26-25-35-27-44(38-24-14-13-23-37(35)38)53(46,47)36-21-11-4-12-22-36/h1-24,27,39-43,45H,25-26,28-31H2/t39-,40-,41+,42-,43+/m1/s1. The molecule has 5 atom stereocenters. The van der Waals surface area contributed by atoms with Crippen molar-refractivity contribution in [3.05, 3.63) is 174 Å². The van der Waals surface area contributed by atoms with Crippen LogP contribution in [0.2, 0.25) is 0 Å². The van der Waals surface area contributed by atoms with E-state index in [-0.39, 0.29) is 37.9 Å². The number of hydrogen-bond donors (Lipinski definition) is 1. The van der Waals surface area contributed by atoms with Gasteiger partial charge in [-0.3, -0.25) is 0 Å². The van der Waals surface area contributed by atoms with Gasteiger partial charge in [-0.25, -0.2) is 12.4 Å². The number of hydrogen-bond acceptors (Lipinski definition) is 8. The first-order valence-corrected chi connectivity index (χ1v) is 19.2. The lowest BCUT2D eigenvalue weighted by atomic mass is 9.97. The van der Waals surface area contributed by atoms with Crippen molar-refractivity contribution in [1.29, 1.82) is 0 Å². The lowest BCUT2D eigenvalue weighted by Gasteiger charge is -2.45. The SMILES string of the molecule is O=S(=O)(c1ccccc1)n1cc(CCO[C@H]2O[C@H](CO)[C@@H](OCc3ccccc3)[C@H](OCc3ccccc3)[C@H]2OCc2ccccc2)c2ccccc21. The zero-order chi connectivity index (χ0) is 36.5. The Kier molecular flexibility index (Phi) is 12.1. The predicted octanol–water partition coefficient (Wildman–Crippen LogP) is 6.91. The van der Waals surface area contributed by atoms with Gasteiger partial charge in [0.25, 0.3) is 10.0 Å². The maximum Gasteiger partial charge on any atom is 0.268 e. The fourth-order valence-corrected chi connectivity index (χ4v) is 8.05. The van der Waals surface area contributed by atoms with Gasteiger partial charge in [-0.15, -0.1) is 0 Å². The van der Waals surface area contributed by atoms with Gasteiger partial charge >= 0.3 is 0 Å². The van der Waals surface area contributed by atoms with E-state index in [1.165, 1.54) is 3.97 Å². The summed E-state index contributed by atoms with van der Waals surface area (Å²) in [5, 5.41) is 11.5. The van der Waals surface area contributed by atoms with Crippen LogP contribution in [0.1, 0.15) is 22.3 Å². The molecule has 1 aromatic heterocycles. The van der Waals surface area contributed by atoms with Crippen LogP contribution in [-0.2, 0) is 59.9 Å². The third-order valence-corrected chi connectivity index (χ3v) is 11.0. The van der Waals surface area contributed by atoms with Gasteiger partial charge in [-0.1, -0.05) is 127 Å². The zero-order valence-electron chi connectivity index (χ0n) is 29.2. The van der Waals surface area contributed by atoms with Crippen LogP contribution in [0.5, 0.6) is 0 Å². The molecule has 7 rings (SSSR count). The lowest BCUT2D eigenvalue weighted by Crippen LogP contribution is -2.61. The Morgan fingerprint density at radius 2 is 1.08 bits per heavy atom. The molecule has 2 heterocycles. The number of aliphatic hydroxyl groups is 1. The van der Waals surface area contributed by atoms with Gasteiger partial charge < -0.3 is 28.8 Å². The van der Waals surface area contributed by atoms with Crippen molar-refractivity contribution in [2.75, 3.05) is 13.2 Å². The Hall–Kier alpha value is -4.65. The molecule has 0 radical (unpaired) electrons. The maximum atomic E-state index is 13.7. The molecule has 10 heteroatoms. The summed E-state index contributed by atoms with van der Waals surface area (Å²) in [6.45, 7) is 0.667. The van der Waals surface area contributed by atoms with Crippen LogP contribution in [0.15, 0.2) is 157 Å². The minimum atomic E-state index is -3.84. The Bertz CT molecular complexity index is 2130. The van der Waals surface area contributed by atoms with Gasteiger partial charge in [-0.2, -0.15) is 0 Å². The molecule has 1 N–H and O–H groups in total. The molecular formula is C43H43NO8S. The van der Waals surface area contributed by atoms with Crippen molar-refractivity contribution in [3.63, 3.8) is 0 Å². The molecule has 0 bridgehead atoms. The first kappa shape index (κ1) is 36.7. The predicted molar refractivity (Wildman–Crippen MR) is 201 cm³/mol. The number of benzene rings is 5. The van der Waals surface area contributed by atoms with E-state index < -0.39 is 40.7 Å². The molecule has 9 nitrogen and oxygen atoms in total. The fraction of sp³-hybridized carbons (Fsp3) is 0.256. The van der Waals surface area contributed by atoms with Crippen molar-refractivity contribution in [2.45, 2.75) is 61.8 Å². The quantitative estimate of drug-likeness (QED) is 0.115. The third kappa shape index (κ3) is 8.77. The van der Waals surface area contributed by atoms with E-state index in [0.717, 1.165) is 27.6 Å². The van der Waals surface area contributed by atoms with Crippen LogP contribution in [0, 0.1) is 0 Å². The van der Waals surface area contributed by atoms with Crippen molar-refractivity contribution in [3.8, 4) is 0 Å². The summed E-state index contributed by atoms with van der Waals surface area (Å²) < 4.78 is 61.4. The largest absolute Gasteiger partial charge is 0.394 e. The van der Waals surface area contributed by atoms with Crippen LogP contribution in [0.3, 0.4) is 0 Å². The molecule has 1 aliphatic heterocycles. The Balaban J connectivity index is 1.16. The summed E-state index contributed by atoms with van der Waals surface area (Å²) in [5.74, 6) is 0. The summed E-state index contributed by atoms with van der Waals surface area (Å²) in [5.41, 5.74) is 4.29. The number of rotatable bonds is 16. The fourth-order valence-electron chi connectivity index (χ4n) is 6.63. The van der Waals surface area contributed by atoms with E-state index in [2.05, 4.69) is 0 Å². The molecule has 1 fully saturated rings. The number of ether oxygens (including phenoxy) is 5. The number of aliphatic hydroxyl groups excluding tert-OH is 1. The van der Waals surface area contributed by atoms with E-state index in [4.69, 9.17) is 23.7 Å². The van der Waals surface area contributed by atoms with Crippen LogP contribution in [-0.4, -0.2) is 61.4 Å². The molecule has 0 unspecified atom stereocenters. The second-order valence-corrected chi connectivity index (χ2v) is 14.7. The number of para-hydroxylation sites is 1. The van der Waals surface area contributed by atoms with Crippen molar-refractivity contribution in [1.82, 2.24) is 3.97 Å². The maximum absolute atomic E-state index is 13.7. The van der Waals surface area contributed by atoms with Gasteiger partial charge in [0.1, 0.15) is 24.4 Å². The third-order valence-electron chi connectivity index (χ3n) is 9.34. The monoisotopic (exact) mass is 733 g/mol. The Morgan fingerprint density at radius 1 is 0.585 bits per heavy atom. The first-order valence-electron chi connectivity index (χ1n) is 17.8. The molecule has 0 aliphatic carbocycles. The second-order valence-electron chi connectivity index (χ2n) is 12.9. The minimum Gasteiger partial charge on any atom is -0.394 e. The average molecular weight is 734 g/mol. The highest BCUT2D eigenvalue weighted by molar-refractivity contribution is 7.90. The Morgan fingerprint density at radius 3 is 1.64 bits per heavy atom. The molecule has 5 aromatic carbocycles. The number of nitrogens with zero attached hydrogens (tertiary/aromatic N) is 1. The van der Waals surface area contributed by atoms with E-state index in [9.17, 15) is 13.5 Å². The summed E-state index contributed by atoms with van der Waals surface area (Å²) in [6.07, 6.45) is -1.79. The summed E-state index contributed by atoms with van der Waals surface area (Å²) in [7, 11) is -3.84. The van der Waals surface area contributed by atoms with Crippen LogP contribution >= 0.6 is 0 Å². The van der Waals surface area contributed by atoms with Crippen LogP contribution in [0.25, 0.3) is 10.9 Å². The molecular weight excluding hydrogens is 691 g/mol. The van der Waals surface area contributed by atoms with Gasteiger partial charge in [0.2, 0.25) is 0 Å². The van der Waals surface area contributed by atoms with E-state index in [0.29, 0.717) is 11.9 Å². The minimum absolute atomic E-state index is 0.175. The topological polar surface area (TPSA) is 105 Å². The highest BCUT2D eigenvalue weighted by atomic mass is 32.2. The summed E-state index contributed by atoms with van der Waals surface area (Å²) in [6, 6.07) is 45.3. The van der Waals surface area contributed by atoms with Crippen LogP contribution in [0.4, 0.5) is 0 Å². The molecule has 0 spiro atoms. The molecule has 274 valence electrons. The van der Waals surface area contributed by atoms with Gasteiger partial charge in [0.15, 0.2) is 6.29 Å². The zero-order valence-corrected chi connectivity index (χ0v) is 30.0. The number of aromatic nitrogens is 1. The Labute approximate surface area is 310 Å². The van der Waals surface area contributed by atoms with E-state index in [1.807, 2.05) is 109 Å². The first-order chi connectivity index (χ1) is 26.0. The normalized spacial score (nSPS) is 20.4. The van der Waals surface area contributed by atoms with Crippen LogP contribution < -0.4 is 0 Å². The highest BCUT2D eigenvalue weighted by Gasteiger charge is 2.49. The van der Waals surface area contributed by atoms with Gasteiger partial charge in [0.05, 0.1) is 43.4 Å². The average Bonchev–Trinajstić information content (AvgIpc) is 3.59. The highest BCUT2D eigenvalue weighted by Crippen LogP contribution is 2.32. The number of fused-ring (bicyclic) bond motifs is 1. The smallest absolute Gasteiger partial charge is 0.268 e.